The number of nitrogens with zero attached hydrogens (tertiary/aromatic N) is 4. The van der Waals surface area contributed by atoms with Gasteiger partial charge in [-0.05, 0) is 29.0 Å². The molecule has 2 aromatic carbocycles. The standard InChI is InChI=1S/C24H28N6O2/c1-16(2)15-30-20-21(29(3)24(32)27-22(20)31)26-23(30)28-25-14-19-11-9-18(10-12-19)13-17-7-5-4-6-8-17/h4-12,14,16,20-21H,13,15H2,1-3H3,(H,26,28)(H,27,31,32)/b25-14+. The highest BCUT2D eigenvalue weighted by Gasteiger charge is 2.48. The average Bonchev–Trinajstić information content (AvgIpc) is 3.12. The van der Waals surface area contributed by atoms with E-state index in [2.05, 4.69) is 58.9 Å². The maximum Gasteiger partial charge on any atom is 0.325 e. The van der Waals surface area contributed by atoms with Crippen molar-refractivity contribution in [1.29, 1.82) is 0 Å². The Labute approximate surface area is 188 Å². The molecule has 1 saturated heterocycles. The predicted molar refractivity (Wildman–Crippen MR) is 124 cm³/mol. The Balaban J connectivity index is 1.44. The van der Waals surface area contributed by atoms with Crippen LogP contribution >= 0.6 is 0 Å². The molecule has 2 unspecified atom stereocenters. The van der Waals surface area contributed by atoms with Crippen molar-refractivity contribution < 1.29 is 9.59 Å². The van der Waals surface area contributed by atoms with Gasteiger partial charge in [0.25, 0.3) is 5.91 Å². The molecule has 2 heterocycles. The quantitative estimate of drug-likeness (QED) is 0.542. The number of aliphatic imine (C=N–C) groups is 1. The first-order valence-electron chi connectivity index (χ1n) is 10.8. The number of likely N-dealkylation sites (N-methyl/N-ethyl adjacent to an activating group) is 1. The number of carbonyl (C=O) groups excluding carboxylic acids is 2. The Hall–Kier alpha value is -3.68. The molecule has 4 rings (SSSR count). The van der Waals surface area contributed by atoms with Gasteiger partial charge < -0.3 is 9.80 Å². The lowest BCUT2D eigenvalue weighted by molar-refractivity contribution is -0.127. The van der Waals surface area contributed by atoms with Gasteiger partial charge in [-0.2, -0.15) is 5.10 Å². The van der Waals surface area contributed by atoms with Crippen molar-refractivity contribution in [2.45, 2.75) is 32.5 Å². The van der Waals surface area contributed by atoms with Crippen LogP contribution in [0.15, 0.2) is 64.7 Å². The minimum Gasteiger partial charge on any atom is -0.325 e. The van der Waals surface area contributed by atoms with Crippen molar-refractivity contribution in [3.8, 4) is 0 Å². The third-order valence-electron chi connectivity index (χ3n) is 5.53. The van der Waals surface area contributed by atoms with Gasteiger partial charge in [0.15, 0.2) is 12.2 Å². The molecule has 0 aromatic heterocycles. The molecule has 2 aliphatic heterocycles. The highest BCUT2D eigenvalue weighted by atomic mass is 16.2. The van der Waals surface area contributed by atoms with Gasteiger partial charge in [0.2, 0.25) is 5.96 Å². The molecular formula is C24H28N6O2. The number of hydrogen-bond acceptors (Lipinski definition) is 6. The molecule has 2 aromatic rings. The molecule has 0 spiro atoms. The molecule has 0 radical (unpaired) electrons. The lowest BCUT2D eigenvalue weighted by atomic mass is 10.0. The van der Waals surface area contributed by atoms with Gasteiger partial charge in [0.1, 0.15) is 0 Å². The summed E-state index contributed by atoms with van der Waals surface area (Å²) in [5.74, 6) is 0.456. The van der Waals surface area contributed by atoms with E-state index in [0.29, 0.717) is 18.4 Å². The third-order valence-corrected chi connectivity index (χ3v) is 5.53. The van der Waals surface area contributed by atoms with Crippen molar-refractivity contribution >= 4 is 24.1 Å². The molecule has 2 N–H and O–H groups in total. The van der Waals surface area contributed by atoms with Crippen LogP contribution in [0.5, 0.6) is 0 Å². The van der Waals surface area contributed by atoms with Gasteiger partial charge in [-0.1, -0.05) is 68.4 Å². The number of carbonyl (C=O) groups is 2. The molecule has 8 nitrogen and oxygen atoms in total. The molecule has 0 saturated carbocycles. The van der Waals surface area contributed by atoms with E-state index in [9.17, 15) is 9.59 Å². The molecule has 0 aliphatic carbocycles. The van der Waals surface area contributed by atoms with Crippen LogP contribution in [-0.4, -0.2) is 59.7 Å². The van der Waals surface area contributed by atoms with Crippen LogP contribution in [0.2, 0.25) is 0 Å². The van der Waals surface area contributed by atoms with Crippen molar-refractivity contribution in [3.63, 3.8) is 0 Å². The summed E-state index contributed by atoms with van der Waals surface area (Å²) in [5.41, 5.74) is 6.43. The van der Waals surface area contributed by atoms with Crippen LogP contribution in [0.25, 0.3) is 0 Å². The van der Waals surface area contributed by atoms with E-state index < -0.39 is 18.2 Å². The second kappa shape index (κ2) is 9.21. The summed E-state index contributed by atoms with van der Waals surface area (Å²) in [6, 6.07) is 17.6. The minimum atomic E-state index is -0.565. The lowest BCUT2D eigenvalue weighted by Crippen LogP contribution is -2.64. The number of hydrazone groups is 1. The molecule has 2 aliphatic rings. The van der Waals surface area contributed by atoms with Crippen LogP contribution in [0.1, 0.15) is 30.5 Å². The molecule has 166 valence electrons. The number of amides is 3. The van der Waals surface area contributed by atoms with Crippen molar-refractivity contribution in [3.05, 3.63) is 71.3 Å². The Morgan fingerprint density at radius 3 is 2.47 bits per heavy atom. The first-order chi connectivity index (χ1) is 15.4. The summed E-state index contributed by atoms with van der Waals surface area (Å²) >= 11 is 0. The van der Waals surface area contributed by atoms with Gasteiger partial charge in [-0.3, -0.25) is 10.1 Å². The van der Waals surface area contributed by atoms with Crippen molar-refractivity contribution in [2.24, 2.45) is 16.0 Å². The normalized spacial score (nSPS) is 20.6. The highest BCUT2D eigenvalue weighted by molar-refractivity contribution is 6.03. The SMILES string of the molecule is CC(C)CN1C(N/N=C/c2ccc(Cc3ccccc3)cc2)=NC2C1C(=O)NC(=O)N2C. The largest absolute Gasteiger partial charge is 0.325 e. The molecule has 1 fully saturated rings. The summed E-state index contributed by atoms with van der Waals surface area (Å²) in [7, 11) is 1.64. The van der Waals surface area contributed by atoms with Gasteiger partial charge >= 0.3 is 6.03 Å². The van der Waals surface area contributed by atoms with Crippen LogP contribution in [0.3, 0.4) is 0 Å². The highest BCUT2D eigenvalue weighted by Crippen LogP contribution is 2.24. The first kappa shape index (κ1) is 21.5. The van der Waals surface area contributed by atoms with E-state index in [4.69, 9.17) is 0 Å². The number of imide groups is 1. The molecule has 32 heavy (non-hydrogen) atoms. The maximum atomic E-state index is 12.5. The van der Waals surface area contributed by atoms with E-state index in [1.54, 1.807) is 13.3 Å². The number of guanidine groups is 1. The fraction of sp³-hybridized carbons (Fsp3) is 0.333. The third kappa shape index (κ3) is 4.64. The van der Waals surface area contributed by atoms with E-state index >= 15 is 0 Å². The summed E-state index contributed by atoms with van der Waals surface area (Å²) in [6.07, 6.45) is 2.04. The Bertz CT molecular complexity index is 1030. The topological polar surface area (TPSA) is 89.4 Å². The van der Waals surface area contributed by atoms with E-state index in [1.807, 2.05) is 35.2 Å². The molecule has 0 bridgehead atoms. The number of rotatable bonds is 6. The zero-order valence-corrected chi connectivity index (χ0v) is 18.5. The summed E-state index contributed by atoms with van der Waals surface area (Å²) in [5, 5.41) is 6.73. The zero-order valence-electron chi connectivity index (χ0n) is 18.5. The van der Waals surface area contributed by atoms with Crippen LogP contribution in [0.4, 0.5) is 4.79 Å². The smallest absolute Gasteiger partial charge is 0.325 e. The summed E-state index contributed by atoms with van der Waals surface area (Å²) < 4.78 is 0. The van der Waals surface area contributed by atoms with Crippen molar-refractivity contribution in [1.82, 2.24) is 20.5 Å². The maximum absolute atomic E-state index is 12.5. The van der Waals surface area contributed by atoms with Gasteiger partial charge in [0, 0.05) is 13.6 Å². The fourth-order valence-electron chi connectivity index (χ4n) is 3.93. The molecule has 3 amide bonds. The van der Waals surface area contributed by atoms with Gasteiger partial charge in [0.05, 0.1) is 6.21 Å². The van der Waals surface area contributed by atoms with Crippen molar-refractivity contribution in [2.75, 3.05) is 13.6 Å². The predicted octanol–water partition coefficient (Wildman–Crippen LogP) is 2.40. The second-order valence-electron chi connectivity index (χ2n) is 8.54. The molecular weight excluding hydrogens is 404 g/mol. The first-order valence-corrected chi connectivity index (χ1v) is 10.8. The summed E-state index contributed by atoms with van der Waals surface area (Å²) in [6.45, 7) is 4.76. The zero-order chi connectivity index (χ0) is 22.7. The second-order valence-corrected chi connectivity index (χ2v) is 8.54. The van der Waals surface area contributed by atoms with Crippen LogP contribution in [0, 0.1) is 5.92 Å². The average molecular weight is 433 g/mol. The lowest BCUT2D eigenvalue weighted by Gasteiger charge is -2.36. The number of nitrogens with one attached hydrogen (secondary N) is 2. The number of hydrogen-bond donors (Lipinski definition) is 2. The molecule has 8 heteroatoms. The van der Waals surface area contributed by atoms with Crippen LogP contribution < -0.4 is 10.7 Å². The molecule has 2 atom stereocenters. The Kier molecular flexibility index (Phi) is 6.20. The summed E-state index contributed by atoms with van der Waals surface area (Å²) in [4.78, 5) is 32.4. The monoisotopic (exact) mass is 432 g/mol. The fourth-order valence-corrected chi connectivity index (χ4v) is 3.93. The number of benzene rings is 2. The van der Waals surface area contributed by atoms with Gasteiger partial charge in [-0.25, -0.2) is 15.2 Å². The van der Waals surface area contributed by atoms with Crippen LogP contribution in [-0.2, 0) is 11.2 Å². The van der Waals surface area contributed by atoms with Gasteiger partial charge in [-0.15, -0.1) is 0 Å². The Morgan fingerprint density at radius 1 is 1.09 bits per heavy atom. The van der Waals surface area contributed by atoms with E-state index in [0.717, 1.165) is 12.0 Å². The number of urea groups is 1. The minimum absolute atomic E-state index is 0.303. The van der Waals surface area contributed by atoms with E-state index in [-0.39, 0.29) is 5.91 Å². The van der Waals surface area contributed by atoms with E-state index in [1.165, 1.54) is 16.0 Å². The Morgan fingerprint density at radius 2 is 1.78 bits per heavy atom. The number of fused-ring (bicyclic) bond motifs is 1.